The number of hydrogen-bond acceptors (Lipinski definition) is 2. The highest BCUT2D eigenvalue weighted by Crippen LogP contribution is 2.24. The molecule has 0 N–H and O–H groups in total. The molecule has 14 heavy (non-hydrogen) atoms. The second-order valence-electron chi connectivity index (χ2n) is 5.13. The maximum Gasteiger partial charge on any atom is 0.00932 e. The fraction of sp³-hybridized carbons (Fsp3) is 1.00. The minimum atomic E-state index is 0.893. The molecule has 0 bridgehead atoms. The molecular formula is C12H24N2. The lowest BCUT2D eigenvalue weighted by molar-refractivity contribution is 0.244. The average molecular weight is 196 g/mol. The van der Waals surface area contributed by atoms with Crippen molar-refractivity contribution in [3.05, 3.63) is 0 Å². The summed E-state index contributed by atoms with van der Waals surface area (Å²) < 4.78 is 0. The van der Waals surface area contributed by atoms with Gasteiger partial charge in [0.05, 0.1) is 0 Å². The predicted octanol–water partition coefficient (Wildman–Crippen LogP) is 1.95. The molecule has 0 saturated carbocycles. The number of nitrogens with zero attached hydrogens (tertiary/aromatic N) is 2. The number of likely N-dealkylation sites (tertiary alicyclic amines) is 2. The van der Waals surface area contributed by atoms with E-state index < -0.39 is 0 Å². The Morgan fingerprint density at radius 1 is 0.857 bits per heavy atom. The molecule has 0 radical (unpaired) electrons. The van der Waals surface area contributed by atoms with Crippen LogP contribution in [0.15, 0.2) is 0 Å². The second kappa shape index (κ2) is 4.63. The molecule has 2 fully saturated rings. The van der Waals surface area contributed by atoms with E-state index >= 15 is 0 Å². The van der Waals surface area contributed by atoms with E-state index in [0.29, 0.717) is 0 Å². The molecule has 0 aromatic rings. The molecule has 0 aromatic heterocycles. The molecule has 2 unspecified atom stereocenters. The molecule has 2 heteroatoms. The van der Waals surface area contributed by atoms with E-state index in [4.69, 9.17) is 0 Å². The molecule has 2 nitrogen and oxygen atoms in total. The molecule has 2 atom stereocenters. The smallest absolute Gasteiger partial charge is 0.00932 e. The zero-order valence-electron chi connectivity index (χ0n) is 9.71. The first-order valence-electron chi connectivity index (χ1n) is 6.18. The second-order valence-corrected chi connectivity index (χ2v) is 5.13. The average Bonchev–Trinajstić information content (AvgIpc) is 2.72. The maximum absolute atomic E-state index is 2.55. The van der Waals surface area contributed by atoms with E-state index in [1.165, 1.54) is 51.6 Å². The molecule has 2 heterocycles. The first kappa shape index (κ1) is 10.4. The highest BCUT2D eigenvalue weighted by molar-refractivity contribution is 4.81. The van der Waals surface area contributed by atoms with Crippen molar-refractivity contribution in [3.63, 3.8) is 0 Å². The van der Waals surface area contributed by atoms with Crippen LogP contribution in [0.5, 0.6) is 0 Å². The van der Waals surface area contributed by atoms with E-state index in [1.54, 1.807) is 0 Å². The van der Waals surface area contributed by atoms with E-state index in [2.05, 4.69) is 23.9 Å². The van der Waals surface area contributed by atoms with Gasteiger partial charge in [-0.1, -0.05) is 0 Å². The number of hydrogen-bond donors (Lipinski definition) is 0. The normalized spacial score (nSPS) is 35.6. The van der Waals surface area contributed by atoms with Gasteiger partial charge in [0, 0.05) is 12.1 Å². The lowest BCUT2D eigenvalue weighted by Crippen LogP contribution is -2.29. The maximum atomic E-state index is 2.55. The number of rotatable bonds is 3. The summed E-state index contributed by atoms with van der Waals surface area (Å²) in [5, 5.41) is 0. The zero-order valence-corrected chi connectivity index (χ0v) is 9.71. The van der Waals surface area contributed by atoms with Crippen molar-refractivity contribution in [3.8, 4) is 0 Å². The van der Waals surface area contributed by atoms with Crippen molar-refractivity contribution in [2.75, 3.05) is 27.2 Å². The third-order valence-electron chi connectivity index (χ3n) is 4.18. The highest BCUT2D eigenvalue weighted by Gasteiger charge is 2.25. The van der Waals surface area contributed by atoms with Crippen LogP contribution in [0, 0.1) is 0 Å². The molecule has 0 aliphatic carbocycles. The van der Waals surface area contributed by atoms with Gasteiger partial charge in [-0.15, -0.1) is 0 Å². The predicted molar refractivity (Wildman–Crippen MR) is 60.5 cm³/mol. The minimum Gasteiger partial charge on any atom is -0.303 e. The summed E-state index contributed by atoms with van der Waals surface area (Å²) in [5.41, 5.74) is 0. The van der Waals surface area contributed by atoms with Crippen LogP contribution in [-0.2, 0) is 0 Å². The van der Waals surface area contributed by atoms with Gasteiger partial charge >= 0.3 is 0 Å². The SMILES string of the molecule is CN1CCCC1CCC1CCCN1C. The molecular weight excluding hydrogens is 172 g/mol. The molecule has 2 aliphatic heterocycles. The van der Waals surface area contributed by atoms with Crippen LogP contribution in [0.1, 0.15) is 38.5 Å². The Labute approximate surface area is 88.3 Å². The Hall–Kier alpha value is -0.0800. The Morgan fingerprint density at radius 2 is 1.29 bits per heavy atom. The molecule has 0 aromatic carbocycles. The summed E-state index contributed by atoms with van der Waals surface area (Å²) in [4.78, 5) is 5.10. The molecule has 0 amide bonds. The van der Waals surface area contributed by atoms with Crippen LogP contribution >= 0.6 is 0 Å². The van der Waals surface area contributed by atoms with Crippen LogP contribution in [0.25, 0.3) is 0 Å². The van der Waals surface area contributed by atoms with Crippen LogP contribution in [0.4, 0.5) is 0 Å². The van der Waals surface area contributed by atoms with Gasteiger partial charge in [0.2, 0.25) is 0 Å². The third kappa shape index (κ3) is 2.29. The first-order chi connectivity index (χ1) is 6.77. The summed E-state index contributed by atoms with van der Waals surface area (Å²) in [6.45, 7) is 2.65. The fourth-order valence-corrected chi connectivity index (χ4v) is 3.07. The topological polar surface area (TPSA) is 6.48 Å². The van der Waals surface area contributed by atoms with Crippen molar-refractivity contribution >= 4 is 0 Å². The fourth-order valence-electron chi connectivity index (χ4n) is 3.07. The lowest BCUT2D eigenvalue weighted by Gasteiger charge is -2.24. The van der Waals surface area contributed by atoms with Crippen molar-refractivity contribution in [2.24, 2.45) is 0 Å². The summed E-state index contributed by atoms with van der Waals surface area (Å²) in [6.07, 6.45) is 8.56. The summed E-state index contributed by atoms with van der Waals surface area (Å²) in [5.74, 6) is 0. The van der Waals surface area contributed by atoms with E-state index in [9.17, 15) is 0 Å². The first-order valence-corrected chi connectivity index (χ1v) is 6.18. The molecule has 2 aliphatic rings. The van der Waals surface area contributed by atoms with Crippen molar-refractivity contribution in [1.82, 2.24) is 9.80 Å². The van der Waals surface area contributed by atoms with E-state index in [0.717, 1.165) is 12.1 Å². The van der Waals surface area contributed by atoms with Gasteiger partial charge in [-0.2, -0.15) is 0 Å². The molecule has 2 saturated heterocycles. The Kier molecular flexibility index (Phi) is 3.45. The molecule has 0 spiro atoms. The Morgan fingerprint density at radius 3 is 1.57 bits per heavy atom. The highest BCUT2D eigenvalue weighted by atomic mass is 15.2. The van der Waals surface area contributed by atoms with Gasteiger partial charge in [-0.25, -0.2) is 0 Å². The van der Waals surface area contributed by atoms with Gasteiger partial charge < -0.3 is 9.80 Å². The van der Waals surface area contributed by atoms with E-state index in [-0.39, 0.29) is 0 Å². The van der Waals surface area contributed by atoms with Gasteiger partial charge in [-0.05, 0) is 65.7 Å². The Bertz CT molecular complexity index is 161. The third-order valence-corrected chi connectivity index (χ3v) is 4.18. The summed E-state index contributed by atoms with van der Waals surface area (Å²) in [6, 6.07) is 1.79. The van der Waals surface area contributed by atoms with Gasteiger partial charge in [0.1, 0.15) is 0 Å². The van der Waals surface area contributed by atoms with Crippen LogP contribution in [0.3, 0.4) is 0 Å². The molecule has 2 rings (SSSR count). The lowest BCUT2D eigenvalue weighted by atomic mass is 10.0. The van der Waals surface area contributed by atoms with Crippen LogP contribution < -0.4 is 0 Å². The summed E-state index contributed by atoms with van der Waals surface area (Å²) in [7, 11) is 4.58. The molecule has 82 valence electrons. The van der Waals surface area contributed by atoms with Crippen molar-refractivity contribution in [1.29, 1.82) is 0 Å². The largest absolute Gasteiger partial charge is 0.303 e. The minimum absolute atomic E-state index is 0.893. The summed E-state index contributed by atoms with van der Waals surface area (Å²) >= 11 is 0. The standard InChI is InChI=1S/C12H24N2/c1-13-9-3-5-11(13)7-8-12-6-4-10-14(12)2/h11-12H,3-10H2,1-2H3. The van der Waals surface area contributed by atoms with Crippen LogP contribution in [0.2, 0.25) is 0 Å². The van der Waals surface area contributed by atoms with Crippen molar-refractivity contribution in [2.45, 2.75) is 50.6 Å². The monoisotopic (exact) mass is 196 g/mol. The zero-order chi connectivity index (χ0) is 9.97. The van der Waals surface area contributed by atoms with Crippen molar-refractivity contribution < 1.29 is 0 Å². The van der Waals surface area contributed by atoms with Gasteiger partial charge in [0.15, 0.2) is 0 Å². The van der Waals surface area contributed by atoms with Gasteiger partial charge in [0.25, 0.3) is 0 Å². The Balaban J connectivity index is 1.71. The van der Waals surface area contributed by atoms with E-state index in [1.807, 2.05) is 0 Å². The van der Waals surface area contributed by atoms with Gasteiger partial charge in [-0.3, -0.25) is 0 Å². The quantitative estimate of drug-likeness (QED) is 0.681. The van der Waals surface area contributed by atoms with Crippen LogP contribution in [-0.4, -0.2) is 49.1 Å².